The van der Waals surface area contributed by atoms with Crippen LogP contribution in [-0.2, 0) is 65.4 Å². The number of hydrogen-bond acceptors (Lipinski definition) is 15. The Morgan fingerprint density at radius 1 is 0.260 bits per heavy atom. The third-order valence-corrected chi connectivity index (χ3v) is 21.9. The van der Waals surface area contributed by atoms with Crippen molar-refractivity contribution >= 4 is 39.5 Å². The minimum atomic E-state index is -4.96. The number of carbonyl (C=O) groups is 4. The summed E-state index contributed by atoms with van der Waals surface area (Å²) >= 11 is 0. The van der Waals surface area contributed by atoms with Gasteiger partial charge in [0.25, 0.3) is 0 Å². The van der Waals surface area contributed by atoms with Crippen molar-refractivity contribution in [3.63, 3.8) is 0 Å². The van der Waals surface area contributed by atoms with Crippen molar-refractivity contribution < 1.29 is 80.2 Å². The monoisotopic (exact) mass is 1520 g/mol. The Kier molecular flexibility index (Phi) is 75.0. The number of phosphoric acid groups is 2. The number of phosphoric ester groups is 2. The van der Waals surface area contributed by atoms with Crippen LogP contribution in [0.5, 0.6) is 0 Å². The van der Waals surface area contributed by atoms with E-state index in [2.05, 4.69) is 41.5 Å². The molecule has 0 aromatic carbocycles. The maximum absolute atomic E-state index is 13.1. The van der Waals surface area contributed by atoms with Gasteiger partial charge >= 0.3 is 39.5 Å². The lowest BCUT2D eigenvalue weighted by Crippen LogP contribution is -2.30. The van der Waals surface area contributed by atoms with Crippen LogP contribution in [0.25, 0.3) is 0 Å². The first kappa shape index (κ1) is 102. The summed E-state index contributed by atoms with van der Waals surface area (Å²) in [4.78, 5) is 73.1. The van der Waals surface area contributed by atoms with Gasteiger partial charge in [-0.05, 0) is 37.5 Å². The second-order valence-corrected chi connectivity index (χ2v) is 34.4. The minimum absolute atomic E-state index is 0.108. The van der Waals surface area contributed by atoms with E-state index in [1.807, 2.05) is 0 Å². The molecule has 17 nitrogen and oxygen atoms in total. The molecule has 0 saturated heterocycles. The highest BCUT2D eigenvalue weighted by molar-refractivity contribution is 7.47. The lowest BCUT2D eigenvalue weighted by atomic mass is 10.0. The van der Waals surface area contributed by atoms with Gasteiger partial charge in [-0.25, -0.2) is 9.13 Å². The van der Waals surface area contributed by atoms with Crippen molar-refractivity contribution in [3.8, 4) is 0 Å². The van der Waals surface area contributed by atoms with E-state index in [1.54, 1.807) is 0 Å². The molecule has 19 heteroatoms. The zero-order valence-electron chi connectivity index (χ0n) is 68.3. The predicted octanol–water partition coefficient (Wildman–Crippen LogP) is 25.8. The summed E-state index contributed by atoms with van der Waals surface area (Å²) < 4.78 is 68.8. The van der Waals surface area contributed by atoms with Gasteiger partial charge in [-0.15, -0.1) is 0 Å². The lowest BCUT2D eigenvalue weighted by molar-refractivity contribution is -0.161. The average Bonchev–Trinajstić information content (AvgIpc) is 0.962. The topological polar surface area (TPSA) is 237 Å². The van der Waals surface area contributed by atoms with Gasteiger partial charge in [0.2, 0.25) is 0 Å². The number of esters is 4. The SMILES string of the molecule is CCCCCCCCCCCCCCCCCCCCCCCCC(=O)O[C@H](COC(=O)CCCCCCCCCCCCCCCCC(C)C)COP(=O)(O)OC[C@@H](O)COP(=O)(O)OC[C@@H](COC(=O)CCCCCCCCCC(C)C)OC(=O)CCCCCCCCCCCCCCCCC. The van der Waals surface area contributed by atoms with Gasteiger partial charge in [0.05, 0.1) is 26.4 Å². The molecule has 0 aliphatic rings. The largest absolute Gasteiger partial charge is 0.472 e. The number of carbonyl (C=O) groups excluding carboxylic acids is 4. The first-order valence-electron chi connectivity index (χ1n) is 44.0. The first-order valence-corrected chi connectivity index (χ1v) is 47.0. The van der Waals surface area contributed by atoms with Crippen molar-refractivity contribution in [2.45, 2.75) is 471 Å². The number of rotatable bonds is 84. The van der Waals surface area contributed by atoms with Gasteiger partial charge in [-0.3, -0.25) is 37.3 Å². The molecule has 0 aliphatic carbocycles. The number of aliphatic hydroxyl groups is 1. The van der Waals surface area contributed by atoms with Crippen LogP contribution in [0.4, 0.5) is 0 Å². The van der Waals surface area contributed by atoms with Gasteiger partial charge in [0, 0.05) is 25.7 Å². The molecule has 0 rings (SSSR count). The van der Waals surface area contributed by atoms with E-state index in [0.29, 0.717) is 31.6 Å². The Hall–Kier alpha value is -1.94. The fourth-order valence-corrected chi connectivity index (χ4v) is 14.8. The fraction of sp³-hybridized carbons (Fsp3) is 0.953. The van der Waals surface area contributed by atoms with Gasteiger partial charge in [0.1, 0.15) is 19.3 Å². The molecule has 104 heavy (non-hydrogen) atoms. The van der Waals surface area contributed by atoms with E-state index in [0.717, 1.165) is 102 Å². The molecular weight excluding hydrogens is 1350 g/mol. The Balaban J connectivity index is 5.22. The van der Waals surface area contributed by atoms with Crippen molar-refractivity contribution in [2.75, 3.05) is 39.6 Å². The zero-order chi connectivity index (χ0) is 76.4. The molecule has 0 fully saturated rings. The molecule has 0 spiro atoms. The molecule has 0 aromatic heterocycles. The number of unbranched alkanes of at least 4 members (excludes halogenated alkanes) is 54. The average molecular weight is 1520 g/mol. The minimum Gasteiger partial charge on any atom is -0.462 e. The van der Waals surface area contributed by atoms with Crippen molar-refractivity contribution in [2.24, 2.45) is 11.8 Å². The van der Waals surface area contributed by atoms with Crippen LogP contribution < -0.4 is 0 Å². The smallest absolute Gasteiger partial charge is 0.462 e. The molecule has 0 aromatic rings. The van der Waals surface area contributed by atoms with Gasteiger partial charge in [-0.2, -0.15) is 0 Å². The molecule has 0 amide bonds. The molecule has 0 aliphatic heterocycles. The third-order valence-electron chi connectivity index (χ3n) is 20.0. The van der Waals surface area contributed by atoms with Crippen molar-refractivity contribution in [1.29, 1.82) is 0 Å². The molecule has 5 atom stereocenters. The van der Waals surface area contributed by atoms with Crippen LogP contribution in [0.15, 0.2) is 0 Å². The number of ether oxygens (including phenoxy) is 4. The molecule has 3 N–H and O–H groups in total. The highest BCUT2D eigenvalue weighted by atomic mass is 31.2. The van der Waals surface area contributed by atoms with Crippen molar-refractivity contribution in [1.82, 2.24) is 0 Å². The number of hydrogen-bond donors (Lipinski definition) is 3. The van der Waals surface area contributed by atoms with Gasteiger partial charge in [0.15, 0.2) is 12.2 Å². The van der Waals surface area contributed by atoms with Crippen LogP contribution in [0.2, 0.25) is 0 Å². The summed E-state index contributed by atoms with van der Waals surface area (Å²) in [5, 5.41) is 10.7. The molecule has 618 valence electrons. The highest BCUT2D eigenvalue weighted by Gasteiger charge is 2.30. The summed E-state index contributed by atoms with van der Waals surface area (Å²) in [5.41, 5.74) is 0. The van der Waals surface area contributed by atoms with Crippen LogP contribution in [-0.4, -0.2) is 96.7 Å². The lowest BCUT2D eigenvalue weighted by Gasteiger charge is -2.21. The Labute approximate surface area is 638 Å². The molecule has 0 radical (unpaired) electrons. The van der Waals surface area contributed by atoms with Crippen LogP contribution in [0.3, 0.4) is 0 Å². The van der Waals surface area contributed by atoms with E-state index in [1.165, 1.54) is 263 Å². The van der Waals surface area contributed by atoms with E-state index in [-0.39, 0.29) is 25.7 Å². The van der Waals surface area contributed by atoms with Crippen LogP contribution in [0, 0.1) is 11.8 Å². The number of aliphatic hydroxyl groups excluding tert-OH is 1. The molecular formula is C85H166O17P2. The molecule has 0 bridgehead atoms. The summed E-state index contributed by atoms with van der Waals surface area (Å²) in [5.74, 6) is -0.600. The highest BCUT2D eigenvalue weighted by Crippen LogP contribution is 2.45. The van der Waals surface area contributed by atoms with Crippen molar-refractivity contribution in [3.05, 3.63) is 0 Å². The summed E-state index contributed by atoms with van der Waals surface area (Å²) in [6.07, 6.45) is 68.2. The summed E-state index contributed by atoms with van der Waals surface area (Å²) in [6.45, 7) is 9.63. The fourth-order valence-electron chi connectivity index (χ4n) is 13.2. The Morgan fingerprint density at radius 3 is 0.654 bits per heavy atom. The van der Waals surface area contributed by atoms with E-state index >= 15 is 0 Å². The molecule has 0 saturated carbocycles. The van der Waals surface area contributed by atoms with Crippen LogP contribution >= 0.6 is 15.6 Å². The second kappa shape index (κ2) is 76.4. The molecule has 0 heterocycles. The summed E-state index contributed by atoms with van der Waals surface area (Å²) in [6, 6.07) is 0. The van der Waals surface area contributed by atoms with Crippen LogP contribution in [0.1, 0.15) is 452 Å². The standard InChI is InChI=1S/C85H166O17P2/c1-7-9-11-13-15-17-19-21-23-24-25-26-27-28-29-31-37-41-45-51-58-64-70-84(89)101-80(73-95-82(87)67-61-55-49-43-39-35-33-32-34-38-42-47-53-59-65-77(3)4)75-99-103(91,92)97-71-79(86)72-98-104(93,94)100-76-81(74-96-83(88)68-62-56-52-46-48-54-60-66-78(5)6)102-85(90)69-63-57-50-44-40-36-30-22-20-18-16-14-12-10-8-2/h77-81,86H,7-76H2,1-6H3,(H,91,92)(H,93,94)/t79-,80-,81-/m1/s1. The predicted molar refractivity (Wildman–Crippen MR) is 428 cm³/mol. The normalized spacial score (nSPS) is 13.8. The quantitative estimate of drug-likeness (QED) is 0.0222. The second-order valence-electron chi connectivity index (χ2n) is 31.5. The van der Waals surface area contributed by atoms with E-state index in [4.69, 9.17) is 37.0 Å². The Bertz CT molecular complexity index is 1990. The maximum Gasteiger partial charge on any atom is 0.472 e. The summed E-state index contributed by atoms with van der Waals surface area (Å²) in [7, 11) is -9.93. The molecule has 2 unspecified atom stereocenters. The van der Waals surface area contributed by atoms with E-state index < -0.39 is 97.5 Å². The zero-order valence-corrected chi connectivity index (χ0v) is 70.1. The van der Waals surface area contributed by atoms with E-state index in [9.17, 15) is 43.2 Å². The third kappa shape index (κ3) is 78.2. The Morgan fingerprint density at radius 2 is 0.442 bits per heavy atom. The van der Waals surface area contributed by atoms with Gasteiger partial charge in [-0.1, -0.05) is 401 Å². The van der Waals surface area contributed by atoms with Gasteiger partial charge < -0.3 is 33.8 Å². The first-order chi connectivity index (χ1) is 50.4. The maximum atomic E-state index is 13.1.